The Bertz CT molecular complexity index is 1700. The van der Waals surface area contributed by atoms with Crippen molar-refractivity contribution in [2.45, 2.75) is 0 Å². The number of aromatic nitrogens is 5. The summed E-state index contributed by atoms with van der Waals surface area (Å²) in [4.78, 5) is 26.4. The molecule has 9 heteroatoms. The number of nitrogens with zero attached hydrogens (tertiary/aromatic N) is 4. The summed E-state index contributed by atoms with van der Waals surface area (Å²) in [5, 5.41) is 16.9. The SMILES string of the molecule is CN(C)CC(=O)Nc1cncc(-c2cc3c(-c4cc5c(-c6ccsc6)cccc5[nH]4)n[nH]c3cn2)c1. The molecule has 5 heterocycles. The van der Waals surface area contributed by atoms with Crippen LogP contribution in [0.25, 0.3) is 55.6 Å². The topological polar surface area (TPSA) is 103 Å². The number of thiophene rings is 1. The van der Waals surface area contributed by atoms with E-state index in [1.807, 2.05) is 31.1 Å². The van der Waals surface area contributed by atoms with Crippen LogP contribution in [-0.4, -0.2) is 56.6 Å². The van der Waals surface area contributed by atoms with Gasteiger partial charge in [-0.25, -0.2) is 0 Å². The maximum Gasteiger partial charge on any atom is 0.238 e. The van der Waals surface area contributed by atoms with Crippen molar-refractivity contribution in [3.05, 3.63) is 71.8 Å². The van der Waals surface area contributed by atoms with Gasteiger partial charge in [0.05, 0.1) is 41.5 Å². The number of nitrogens with one attached hydrogen (secondary N) is 3. The van der Waals surface area contributed by atoms with Gasteiger partial charge in [0.25, 0.3) is 0 Å². The third-order valence-electron chi connectivity index (χ3n) is 5.98. The first kappa shape index (κ1) is 22.1. The third-order valence-corrected chi connectivity index (χ3v) is 6.66. The average Bonchev–Trinajstić information content (AvgIpc) is 3.62. The molecule has 0 aliphatic rings. The minimum absolute atomic E-state index is 0.0971. The van der Waals surface area contributed by atoms with Crippen molar-refractivity contribution in [1.29, 1.82) is 0 Å². The number of amides is 1. The lowest BCUT2D eigenvalue weighted by Crippen LogP contribution is -2.27. The van der Waals surface area contributed by atoms with E-state index >= 15 is 0 Å². The fourth-order valence-corrected chi connectivity index (χ4v) is 5.02. The van der Waals surface area contributed by atoms with Gasteiger partial charge in [-0.05, 0) is 66.3 Å². The molecule has 0 aliphatic heterocycles. The van der Waals surface area contributed by atoms with Crippen LogP contribution < -0.4 is 5.32 Å². The molecule has 0 atom stereocenters. The van der Waals surface area contributed by atoms with Crippen molar-refractivity contribution < 1.29 is 4.79 Å². The summed E-state index contributed by atoms with van der Waals surface area (Å²) in [7, 11) is 3.71. The number of pyridine rings is 2. The number of fused-ring (bicyclic) bond motifs is 2. The lowest BCUT2D eigenvalue weighted by atomic mass is 10.0. The quantitative estimate of drug-likeness (QED) is 0.288. The predicted octanol–water partition coefficient (Wildman–Crippen LogP) is 5.40. The third kappa shape index (κ3) is 4.15. The number of H-pyrrole nitrogens is 2. The van der Waals surface area contributed by atoms with Crippen molar-refractivity contribution >= 4 is 44.7 Å². The second kappa shape index (κ2) is 9.03. The van der Waals surface area contributed by atoms with Crippen molar-refractivity contribution in [2.24, 2.45) is 0 Å². The molecule has 0 unspecified atom stereocenters. The van der Waals surface area contributed by atoms with Gasteiger partial charge in [0.2, 0.25) is 5.91 Å². The molecule has 0 bridgehead atoms. The Hall–Kier alpha value is -4.34. The molecule has 178 valence electrons. The molecule has 0 saturated carbocycles. The molecule has 6 rings (SSSR count). The van der Waals surface area contributed by atoms with E-state index in [4.69, 9.17) is 0 Å². The Kier molecular flexibility index (Phi) is 5.55. The average molecular weight is 494 g/mol. The number of benzene rings is 1. The highest BCUT2D eigenvalue weighted by Crippen LogP contribution is 2.35. The molecule has 6 aromatic rings. The van der Waals surface area contributed by atoms with Gasteiger partial charge in [0, 0.05) is 28.0 Å². The van der Waals surface area contributed by atoms with Gasteiger partial charge >= 0.3 is 0 Å². The Morgan fingerprint density at radius 1 is 1.03 bits per heavy atom. The van der Waals surface area contributed by atoms with Crippen LogP contribution in [0.3, 0.4) is 0 Å². The molecule has 0 saturated heterocycles. The minimum Gasteiger partial charge on any atom is -0.353 e. The number of hydrogen-bond acceptors (Lipinski definition) is 6. The fourth-order valence-electron chi connectivity index (χ4n) is 4.37. The minimum atomic E-state index is -0.0971. The van der Waals surface area contributed by atoms with Gasteiger partial charge < -0.3 is 15.2 Å². The highest BCUT2D eigenvalue weighted by atomic mass is 32.1. The molecule has 36 heavy (non-hydrogen) atoms. The summed E-state index contributed by atoms with van der Waals surface area (Å²) in [6.07, 6.45) is 5.15. The van der Waals surface area contributed by atoms with Crippen molar-refractivity contribution in [3.8, 4) is 33.8 Å². The van der Waals surface area contributed by atoms with E-state index in [0.717, 1.165) is 44.5 Å². The van der Waals surface area contributed by atoms with Crippen LogP contribution in [-0.2, 0) is 4.79 Å². The molecule has 1 amide bonds. The summed E-state index contributed by atoms with van der Waals surface area (Å²) in [6.45, 7) is 0.297. The molecular formula is C27H23N7OS. The lowest BCUT2D eigenvalue weighted by molar-refractivity contribution is -0.116. The monoisotopic (exact) mass is 493 g/mol. The van der Waals surface area contributed by atoms with E-state index in [2.05, 4.69) is 71.6 Å². The summed E-state index contributed by atoms with van der Waals surface area (Å²) in [6, 6.07) is 14.5. The van der Waals surface area contributed by atoms with Gasteiger partial charge in [-0.1, -0.05) is 12.1 Å². The van der Waals surface area contributed by atoms with Crippen LogP contribution in [0.4, 0.5) is 5.69 Å². The normalized spacial score (nSPS) is 11.5. The maximum absolute atomic E-state index is 12.2. The molecule has 5 aromatic heterocycles. The smallest absolute Gasteiger partial charge is 0.238 e. The van der Waals surface area contributed by atoms with Gasteiger partial charge in [-0.3, -0.25) is 19.9 Å². The number of anilines is 1. The van der Waals surface area contributed by atoms with E-state index in [-0.39, 0.29) is 5.91 Å². The van der Waals surface area contributed by atoms with Crippen molar-refractivity contribution in [2.75, 3.05) is 26.0 Å². The van der Waals surface area contributed by atoms with Crippen molar-refractivity contribution in [1.82, 2.24) is 30.0 Å². The van der Waals surface area contributed by atoms with Gasteiger partial charge in [0.15, 0.2) is 0 Å². The van der Waals surface area contributed by atoms with Gasteiger partial charge in [-0.2, -0.15) is 16.4 Å². The highest BCUT2D eigenvalue weighted by molar-refractivity contribution is 7.08. The fraction of sp³-hybridized carbons (Fsp3) is 0.111. The zero-order valence-corrected chi connectivity index (χ0v) is 20.6. The molecule has 0 spiro atoms. The van der Waals surface area contributed by atoms with E-state index < -0.39 is 0 Å². The zero-order chi connectivity index (χ0) is 24.6. The van der Waals surface area contributed by atoms with Gasteiger partial charge in [-0.15, -0.1) is 0 Å². The second-order valence-corrected chi connectivity index (χ2v) is 9.68. The molecule has 3 N–H and O–H groups in total. The van der Waals surface area contributed by atoms with Crippen LogP contribution in [0.1, 0.15) is 0 Å². The second-order valence-electron chi connectivity index (χ2n) is 8.90. The molecule has 1 aromatic carbocycles. The number of carbonyl (C=O) groups excluding carboxylic acids is 1. The molecule has 0 fully saturated rings. The number of hydrogen-bond donors (Lipinski definition) is 3. The van der Waals surface area contributed by atoms with Crippen LogP contribution in [0.15, 0.2) is 71.8 Å². The van der Waals surface area contributed by atoms with Crippen molar-refractivity contribution in [3.63, 3.8) is 0 Å². The van der Waals surface area contributed by atoms with E-state index in [1.54, 1.807) is 29.9 Å². The summed E-state index contributed by atoms with van der Waals surface area (Å²) in [5.74, 6) is -0.0971. The maximum atomic E-state index is 12.2. The Morgan fingerprint density at radius 3 is 2.78 bits per heavy atom. The van der Waals surface area contributed by atoms with Gasteiger partial charge in [0.1, 0.15) is 5.69 Å². The van der Waals surface area contributed by atoms with Crippen LogP contribution in [0.5, 0.6) is 0 Å². The summed E-state index contributed by atoms with van der Waals surface area (Å²) in [5.41, 5.74) is 8.24. The Balaban J connectivity index is 1.38. The first-order valence-corrected chi connectivity index (χ1v) is 12.4. The molecule has 0 radical (unpaired) electrons. The van der Waals surface area contributed by atoms with Crippen LogP contribution >= 0.6 is 11.3 Å². The molecule has 8 nitrogen and oxygen atoms in total. The first-order chi connectivity index (χ1) is 17.5. The number of likely N-dealkylation sites (N-methyl/N-ethyl adjacent to an activating group) is 1. The predicted molar refractivity (Wildman–Crippen MR) is 145 cm³/mol. The van der Waals surface area contributed by atoms with E-state index in [0.29, 0.717) is 12.2 Å². The first-order valence-electron chi connectivity index (χ1n) is 11.4. The summed E-state index contributed by atoms with van der Waals surface area (Å²) >= 11 is 1.69. The zero-order valence-electron chi connectivity index (χ0n) is 19.7. The Labute approximate surface area is 211 Å². The molecular weight excluding hydrogens is 470 g/mol. The lowest BCUT2D eigenvalue weighted by Gasteiger charge is -2.10. The van der Waals surface area contributed by atoms with E-state index in [1.165, 1.54) is 11.1 Å². The van der Waals surface area contributed by atoms with Crippen LogP contribution in [0, 0.1) is 0 Å². The molecule has 0 aliphatic carbocycles. The van der Waals surface area contributed by atoms with E-state index in [9.17, 15) is 4.79 Å². The highest BCUT2D eigenvalue weighted by Gasteiger charge is 2.15. The number of rotatable bonds is 6. The van der Waals surface area contributed by atoms with Crippen LogP contribution in [0.2, 0.25) is 0 Å². The number of aromatic amines is 2. The standard InChI is InChI=1S/C27H23N7OS/c1-34(2)14-26(35)30-18-8-17(11-28-12-18)23-10-21-25(13-29-23)32-33-27(21)24-9-20-19(16-6-7-36-15-16)4-3-5-22(20)31-24/h3-13,15,31H,14H2,1-2H3,(H,30,35)(H,32,33). The summed E-state index contributed by atoms with van der Waals surface area (Å²) < 4.78 is 0. The number of carbonyl (C=O) groups is 1. The Morgan fingerprint density at radius 2 is 1.94 bits per heavy atom. The largest absolute Gasteiger partial charge is 0.353 e.